The largest absolute Gasteiger partial charge is 0.386 e. The Morgan fingerprint density at radius 3 is 2.68 bits per heavy atom. The van der Waals surface area contributed by atoms with Crippen molar-refractivity contribution in [3.05, 3.63) is 75.6 Å². The Morgan fingerprint density at radius 1 is 1.20 bits per heavy atom. The first-order chi connectivity index (χ1) is 11.9. The van der Waals surface area contributed by atoms with Gasteiger partial charge in [-0.2, -0.15) is 5.10 Å². The van der Waals surface area contributed by atoms with Crippen molar-refractivity contribution in [1.82, 2.24) is 14.8 Å². The standard InChI is InChI=1S/C18H18N4O3/c1-12-5-3-7-15(9-12)18-19-13(2)20-21(18)11-17(23)14-6-4-8-16(10-14)22(24)25/h3-10,17,23H,11H2,1-2H3/t17-/m1/s1. The zero-order valence-electron chi connectivity index (χ0n) is 14.0. The van der Waals surface area contributed by atoms with Crippen LogP contribution in [0.3, 0.4) is 0 Å². The van der Waals surface area contributed by atoms with Gasteiger partial charge in [0.25, 0.3) is 5.69 Å². The topological polar surface area (TPSA) is 94.1 Å². The van der Waals surface area contributed by atoms with E-state index in [1.807, 2.05) is 31.2 Å². The van der Waals surface area contributed by atoms with Crippen LogP contribution in [-0.4, -0.2) is 24.8 Å². The molecule has 1 atom stereocenters. The number of non-ortho nitro benzene ring substituents is 1. The number of aliphatic hydroxyl groups is 1. The van der Waals surface area contributed by atoms with Crippen LogP contribution in [-0.2, 0) is 6.54 Å². The van der Waals surface area contributed by atoms with Crippen LogP contribution in [0, 0.1) is 24.0 Å². The molecule has 1 aromatic heterocycles. The van der Waals surface area contributed by atoms with Crippen LogP contribution in [0.4, 0.5) is 5.69 Å². The van der Waals surface area contributed by atoms with Crippen LogP contribution in [0.5, 0.6) is 0 Å². The average molecular weight is 338 g/mol. The van der Waals surface area contributed by atoms with Crippen molar-refractivity contribution < 1.29 is 10.0 Å². The highest BCUT2D eigenvalue weighted by Crippen LogP contribution is 2.24. The van der Waals surface area contributed by atoms with E-state index in [1.54, 1.807) is 23.7 Å². The Balaban J connectivity index is 1.91. The summed E-state index contributed by atoms with van der Waals surface area (Å²) in [5, 5.41) is 25.8. The molecule has 0 aliphatic rings. The molecule has 7 heteroatoms. The molecule has 0 amide bonds. The van der Waals surface area contributed by atoms with Crippen molar-refractivity contribution in [3.8, 4) is 11.4 Å². The lowest BCUT2D eigenvalue weighted by molar-refractivity contribution is -0.385. The van der Waals surface area contributed by atoms with Crippen molar-refractivity contribution in [2.45, 2.75) is 26.5 Å². The summed E-state index contributed by atoms with van der Waals surface area (Å²) < 4.78 is 1.63. The first-order valence-electron chi connectivity index (χ1n) is 7.85. The van der Waals surface area contributed by atoms with E-state index >= 15 is 0 Å². The molecule has 7 nitrogen and oxygen atoms in total. The van der Waals surface area contributed by atoms with E-state index in [0.29, 0.717) is 17.2 Å². The second kappa shape index (κ2) is 6.82. The highest BCUT2D eigenvalue weighted by molar-refractivity contribution is 5.56. The van der Waals surface area contributed by atoms with Gasteiger partial charge < -0.3 is 5.11 Å². The van der Waals surface area contributed by atoms with Crippen LogP contribution in [0.1, 0.15) is 23.1 Å². The lowest BCUT2D eigenvalue weighted by Crippen LogP contribution is -2.11. The monoisotopic (exact) mass is 338 g/mol. The predicted molar refractivity (Wildman–Crippen MR) is 93.0 cm³/mol. The van der Waals surface area contributed by atoms with E-state index in [0.717, 1.165) is 11.1 Å². The van der Waals surface area contributed by atoms with Crippen molar-refractivity contribution >= 4 is 5.69 Å². The van der Waals surface area contributed by atoms with Gasteiger partial charge in [0.15, 0.2) is 5.82 Å². The van der Waals surface area contributed by atoms with Gasteiger partial charge in [-0.3, -0.25) is 10.1 Å². The molecule has 25 heavy (non-hydrogen) atoms. The lowest BCUT2D eigenvalue weighted by Gasteiger charge is -2.13. The van der Waals surface area contributed by atoms with Gasteiger partial charge in [0, 0.05) is 17.7 Å². The van der Waals surface area contributed by atoms with Crippen LogP contribution in [0.2, 0.25) is 0 Å². The van der Waals surface area contributed by atoms with Crippen LogP contribution in [0.15, 0.2) is 48.5 Å². The Kier molecular flexibility index (Phi) is 4.58. The zero-order chi connectivity index (χ0) is 18.0. The van der Waals surface area contributed by atoms with Crippen molar-refractivity contribution in [1.29, 1.82) is 0 Å². The van der Waals surface area contributed by atoms with E-state index in [2.05, 4.69) is 10.1 Å². The second-order valence-electron chi connectivity index (χ2n) is 5.90. The summed E-state index contributed by atoms with van der Waals surface area (Å²) >= 11 is 0. The molecule has 0 fully saturated rings. The Hall–Kier alpha value is -3.06. The molecule has 0 aliphatic carbocycles. The van der Waals surface area contributed by atoms with E-state index in [-0.39, 0.29) is 12.2 Å². The number of hydrogen-bond acceptors (Lipinski definition) is 5. The molecule has 128 valence electrons. The van der Waals surface area contributed by atoms with Crippen LogP contribution in [0.25, 0.3) is 11.4 Å². The number of benzene rings is 2. The fourth-order valence-electron chi connectivity index (χ4n) is 2.70. The van der Waals surface area contributed by atoms with E-state index < -0.39 is 11.0 Å². The minimum Gasteiger partial charge on any atom is -0.386 e. The Labute approximate surface area is 144 Å². The number of nitrogens with zero attached hydrogens (tertiary/aromatic N) is 4. The van der Waals surface area contributed by atoms with E-state index in [9.17, 15) is 15.2 Å². The summed E-state index contributed by atoms with van der Waals surface area (Å²) in [6.45, 7) is 3.94. The molecular weight excluding hydrogens is 320 g/mol. The van der Waals surface area contributed by atoms with Gasteiger partial charge in [-0.15, -0.1) is 0 Å². The summed E-state index contributed by atoms with van der Waals surface area (Å²) in [6.07, 6.45) is -0.926. The number of nitro benzene ring substituents is 1. The minimum absolute atomic E-state index is 0.0507. The van der Waals surface area contributed by atoms with Gasteiger partial charge in [0.2, 0.25) is 0 Å². The molecule has 0 bridgehead atoms. The fourth-order valence-corrected chi connectivity index (χ4v) is 2.70. The van der Waals surface area contributed by atoms with E-state index in [1.165, 1.54) is 12.1 Å². The first-order valence-corrected chi connectivity index (χ1v) is 7.85. The number of aryl methyl sites for hydroxylation is 2. The molecule has 0 saturated carbocycles. The number of nitro groups is 1. The summed E-state index contributed by atoms with van der Waals surface area (Å²) in [5.41, 5.74) is 2.43. The number of aromatic nitrogens is 3. The van der Waals surface area contributed by atoms with Gasteiger partial charge in [0.1, 0.15) is 5.82 Å². The zero-order valence-corrected chi connectivity index (χ0v) is 14.0. The summed E-state index contributed by atoms with van der Waals surface area (Å²) in [4.78, 5) is 14.9. The van der Waals surface area contributed by atoms with Gasteiger partial charge in [-0.25, -0.2) is 9.67 Å². The molecule has 0 saturated heterocycles. The summed E-state index contributed by atoms with van der Waals surface area (Å²) in [5.74, 6) is 1.26. The molecule has 1 N–H and O–H groups in total. The molecule has 0 radical (unpaired) electrons. The molecule has 1 heterocycles. The highest BCUT2D eigenvalue weighted by atomic mass is 16.6. The molecular formula is C18H18N4O3. The normalized spacial score (nSPS) is 12.1. The third kappa shape index (κ3) is 3.72. The van der Waals surface area contributed by atoms with E-state index in [4.69, 9.17) is 0 Å². The fraction of sp³-hybridized carbons (Fsp3) is 0.222. The smallest absolute Gasteiger partial charge is 0.269 e. The Morgan fingerprint density at radius 2 is 1.96 bits per heavy atom. The van der Waals surface area contributed by atoms with Crippen LogP contribution < -0.4 is 0 Å². The van der Waals surface area contributed by atoms with Crippen molar-refractivity contribution in [2.24, 2.45) is 0 Å². The van der Waals surface area contributed by atoms with Gasteiger partial charge in [-0.05, 0) is 25.5 Å². The summed E-state index contributed by atoms with van der Waals surface area (Å²) in [6, 6.07) is 13.9. The molecule has 3 aromatic rings. The van der Waals surface area contributed by atoms with Crippen LogP contribution >= 0.6 is 0 Å². The Bertz CT molecular complexity index is 920. The maximum atomic E-state index is 10.9. The first kappa shape index (κ1) is 16.8. The lowest BCUT2D eigenvalue weighted by atomic mass is 10.1. The average Bonchev–Trinajstić information content (AvgIpc) is 2.95. The molecule has 3 rings (SSSR count). The molecule has 0 spiro atoms. The highest BCUT2D eigenvalue weighted by Gasteiger charge is 2.17. The number of hydrogen-bond donors (Lipinski definition) is 1. The summed E-state index contributed by atoms with van der Waals surface area (Å²) in [7, 11) is 0. The number of aliphatic hydroxyl groups excluding tert-OH is 1. The van der Waals surface area contributed by atoms with Crippen molar-refractivity contribution in [3.63, 3.8) is 0 Å². The minimum atomic E-state index is -0.926. The maximum Gasteiger partial charge on any atom is 0.269 e. The quantitative estimate of drug-likeness (QED) is 0.569. The third-order valence-electron chi connectivity index (χ3n) is 3.87. The SMILES string of the molecule is Cc1cccc(-c2nc(C)nn2C[C@@H](O)c2cccc([N+](=O)[O-])c2)c1. The molecule has 0 unspecified atom stereocenters. The maximum absolute atomic E-state index is 10.9. The van der Waals surface area contributed by atoms with Crippen molar-refractivity contribution in [2.75, 3.05) is 0 Å². The van der Waals surface area contributed by atoms with Gasteiger partial charge >= 0.3 is 0 Å². The number of rotatable bonds is 5. The predicted octanol–water partition coefficient (Wildman–Crippen LogP) is 3.20. The third-order valence-corrected chi connectivity index (χ3v) is 3.87. The van der Waals surface area contributed by atoms with Gasteiger partial charge in [-0.1, -0.05) is 35.9 Å². The van der Waals surface area contributed by atoms with Gasteiger partial charge in [0.05, 0.1) is 17.6 Å². The second-order valence-corrected chi connectivity index (χ2v) is 5.90. The molecule has 0 aliphatic heterocycles. The molecule has 2 aromatic carbocycles.